The maximum absolute atomic E-state index is 5.93. The molecule has 20 heavy (non-hydrogen) atoms. The van der Waals surface area contributed by atoms with Gasteiger partial charge in [-0.15, -0.1) is 0 Å². The van der Waals surface area contributed by atoms with E-state index in [4.69, 9.17) is 15.0 Å². The van der Waals surface area contributed by atoms with Crippen LogP contribution in [0.1, 0.15) is 5.56 Å². The largest absolute Gasteiger partial charge is 0.496 e. The lowest BCUT2D eigenvalue weighted by molar-refractivity contribution is 0.412. The predicted molar refractivity (Wildman–Crippen MR) is 75.2 cm³/mol. The number of aromatic amines is 1. The van der Waals surface area contributed by atoms with Crippen LogP contribution in [0.15, 0.2) is 35.0 Å². The summed E-state index contributed by atoms with van der Waals surface area (Å²) in [6.07, 6.45) is 1.65. The van der Waals surface area contributed by atoms with Crippen molar-refractivity contribution in [3.63, 3.8) is 0 Å². The van der Waals surface area contributed by atoms with Crippen LogP contribution in [0, 0.1) is 6.92 Å². The molecule has 2 aromatic heterocycles. The molecule has 0 aliphatic heterocycles. The van der Waals surface area contributed by atoms with Crippen LogP contribution in [0.2, 0.25) is 0 Å². The van der Waals surface area contributed by atoms with Gasteiger partial charge < -0.3 is 15.0 Å². The Hall–Kier alpha value is -2.76. The van der Waals surface area contributed by atoms with Crippen molar-refractivity contribution < 1.29 is 9.26 Å². The number of benzene rings is 1. The fraction of sp³-hybridized carbons (Fsp3) is 0.143. The zero-order valence-corrected chi connectivity index (χ0v) is 11.2. The number of nitrogens with zero attached hydrogens (tertiary/aromatic N) is 2. The van der Waals surface area contributed by atoms with Crippen molar-refractivity contribution in [3.05, 3.63) is 36.0 Å². The van der Waals surface area contributed by atoms with Gasteiger partial charge in [-0.3, -0.25) is 5.10 Å². The molecule has 0 aliphatic rings. The smallest absolute Gasteiger partial charge is 0.194 e. The van der Waals surface area contributed by atoms with E-state index >= 15 is 0 Å². The van der Waals surface area contributed by atoms with E-state index in [9.17, 15) is 0 Å². The van der Waals surface area contributed by atoms with Gasteiger partial charge in [-0.05, 0) is 30.2 Å². The van der Waals surface area contributed by atoms with Crippen LogP contribution in [0.5, 0.6) is 5.75 Å². The van der Waals surface area contributed by atoms with Crippen molar-refractivity contribution in [2.75, 3.05) is 12.8 Å². The third kappa shape index (κ3) is 1.91. The van der Waals surface area contributed by atoms with Crippen molar-refractivity contribution >= 4 is 5.82 Å². The summed E-state index contributed by atoms with van der Waals surface area (Å²) in [6, 6.07) is 7.64. The lowest BCUT2D eigenvalue weighted by Gasteiger charge is -2.07. The van der Waals surface area contributed by atoms with Gasteiger partial charge >= 0.3 is 0 Å². The monoisotopic (exact) mass is 270 g/mol. The third-order valence-corrected chi connectivity index (χ3v) is 3.16. The van der Waals surface area contributed by atoms with Gasteiger partial charge in [-0.2, -0.15) is 5.10 Å². The first-order chi connectivity index (χ1) is 9.70. The van der Waals surface area contributed by atoms with Crippen molar-refractivity contribution in [2.45, 2.75) is 6.92 Å². The number of aryl methyl sites for hydroxylation is 1. The highest BCUT2D eigenvalue weighted by Crippen LogP contribution is 2.37. The van der Waals surface area contributed by atoms with E-state index in [2.05, 4.69) is 15.4 Å². The van der Waals surface area contributed by atoms with Gasteiger partial charge in [0.2, 0.25) is 0 Å². The summed E-state index contributed by atoms with van der Waals surface area (Å²) in [7, 11) is 1.64. The molecule has 3 N–H and O–H groups in total. The molecular weight excluding hydrogens is 256 g/mol. The maximum Gasteiger partial charge on any atom is 0.194 e. The molecular formula is C14H14N4O2. The quantitative estimate of drug-likeness (QED) is 0.763. The predicted octanol–water partition coefficient (Wildman–Crippen LogP) is 2.63. The molecule has 0 amide bonds. The number of rotatable bonds is 3. The summed E-state index contributed by atoms with van der Waals surface area (Å²) in [6.45, 7) is 1.98. The zero-order chi connectivity index (χ0) is 14.1. The molecule has 0 radical (unpaired) electrons. The van der Waals surface area contributed by atoms with Crippen LogP contribution in [-0.4, -0.2) is 22.5 Å². The SMILES string of the molecule is COc1cc(-c2c(N)noc2-c2ccn[nH]2)ccc1C. The molecule has 3 rings (SSSR count). The normalized spacial score (nSPS) is 10.7. The second-order valence-electron chi connectivity index (χ2n) is 4.43. The van der Waals surface area contributed by atoms with Gasteiger partial charge in [0.15, 0.2) is 11.6 Å². The Labute approximate surface area is 115 Å². The first-order valence-corrected chi connectivity index (χ1v) is 6.10. The highest BCUT2D eigenvalue weighted by molar-refractivity contribution is 5.86. The summed E-state index contributed by atoms with van der Waals surface area (Å²) >= 11 is 0. The number of aromatic nitrogens is 3. The molecule has 6 heteroatoms. The van der Waals surface area contributed by atoms with Gasteiger partial charge in [0.05, 0.1) is 12.7 Å². The van der Waals surface area contributed by atoms with E-state index < -0.39 is 0 Å². The molecule has 6 nitrogen and oxygen atoms in total. The molecule has 0 unspecified atom stereocenters. The van der Waals surface area contributed by atoms with E-state index in [1.165, 1.54) is 0 Å². The third-order valence-electron chi connectivity index (χ3n) is 3.16. The lowest BCUT2D eigenvalue weighted by Crippen LogP contribution is -1.92. The Balaban J connectivity index is 2.17. The summed E-state index contributed by atoms with van der Waals surface area (Å²) < 4.78 is 10.7. The minimum Gasteiger partial charge on any atom is -0.496 e. The summed E-state index contributed by atoms with van der Waals surface area (Å²) in [5.41, 5.74) is 9.32. The van der Waals surface area contributed by atoms with Crippen molar-refractivity contribution in [1.29, 1.82) is 0 Å². The van der Waals surface area contributed by atoms with Crippen LogP contribution >= 0.6 is 0 Å². The molecule has 1 aromatic carbocycles. The average molecular weight is 270 g/mol. The van der Waals surface area contributed by atoms with E-state index in [0.717, 1.165) is 28.1 Å². The maximum atomic E-state index is 5.93. The highest BCUT2D eigenvalue weighted by atomic mass is 16.5. The first-order valence-electron chi connectivity index (χ1n) is 6.10. The van der Waals surface area contributed by atoms with E-state index in [0.29, 0.717) is 11.6 Å². The Morgan fingerprint density at radius 2 is 2.15 bits per heavy atom. The number of hydrogen-bond donors (Lipinski definition) is 2. The van der Waals surface area contributed by atoms with Gasteiger partial charge in [-0.25, -0.2) is 0 Å². The molecule has 0 bridgehead atoms. The number of nitrogen functional groups attached to an aromatic ring is 1. The van der Waals surface area contributed by atoms with Crippen molar-refractivity contribution in [2.24, 2.45) is 0 Å². The minimum atomic E-state index is 0.334. The number of nitrogens with one attached hydrogen (secondary N) is 1. The highest BCUT2D eigenvalue weighted by Gasteiger charge is 2.19. The molecule has 0 saturated carbocycles. The molecule has 2 heterocycles. The zero-order valence-electron chi connectivity index (χ0n) is 11.2. The molecule has 0 saturated heterocycles. The van der Waals surface area contributed by atoms with E-state index in [-0.39, 0.29) is 0 Å². The average Bonchev–Trinajstić information content (AvgIpc) is 3.08. The number of anilines is 1. The minimum absolute atomic E-state index is 0.334. The number of H-pyrrole nitrogens is 1. The fourth-order valence-corrected chi connectivity index (χ4v) is 2.12. The topological polar surface area (TPSA) is 90.0 Å². The molecule has 0 fully saturated rings. The Morgan fingerprint density at radius 3 is 2.85 bits per heavy atom. The summed E-state index contributed by atoms with van der Waals surface area (Å²) in [5, 5.41) is 10.6. The van der Waals surface area contributed by atoms with Gasteiger partial charge in [-0.1, -0.05) is 17.3 Å². The summed E-state index contributed by atoms with van der Waals surface area (Å²) in [5.74, 6) is 1.69. The standard InChI is InChI=1S/C14H14N4O2/c1-8-3-4-9(7-11(8)19-2)12-13(20-18-14(12)15)10-5-6-16-17-10/h3-7H,1-2H3,(H2,15,18)(H,16,17). The number of hydrogen-bond acceptors (Lipinski definition) is 5. The van der Waals surface area contributed by atoms with E-state index in [1.807, 2.05) is 25.1 Å². The number of ether oxygens (including phenoxy) is 1. The van der Waals surface area contributed by atoms with Crippen LogP contribution in [0.3, 0.4) is 0 Å². The molecule has 3 aromatic rings. The van der Waals surface area contributed by atoms with Crippen LogP contribution in [0.25, 0.3) is 22.6 Å². The Kier molecular flexibility index (Phi) is 2.90. The van der Waals surface area contributed by atoms with Crippen LogP contribution in [-0.2, 0) is 0 Å². The fourth-order valence-electron chi connectivity index (χ4n) is 2.12. The van der Waals surface area contributed by atoms with E-state index in [1.54, 1.807) is 19.4 Å². The van der Waals surface area contributed by atoms with Crippen LogP contribution in [0.4, 0.5) is 5.82 Å². The Bertz CT molecular complexity index is 732. The number of methoxy groups -OCH3 is 1. The summed E-state index contributed by atoms with van der Waals surface area (Å²) in [4.78, 5) is 0. The van der Waals surface area contributed by atoms with Gasteiger partial charge in [0.25, 0.3) is 0 Å². The first kappa shape index (κ1) is 12.3. The lowest BCUT2D eigenvalue weighted by atomic mass is 10.0. The van der Waals surface area contributed by atoms with Gasteiger partial charge in [0.1, 0.15) is 11.4 Å². The molecule has 102 valence electrons. The van der Waals surface area contributed by atoms with Crippen molar-refractivity contribution in [3.8, 4) is 28.3 Å². The molecule has 0 aliphatic carbocycles. The second kappa shape index (κ2) is 4.73. The molecule has 0 atom stereocenters. The van der Waals surface area contributed by atoms with Gasteiger partial charge in [0, 0.05) is 6.20 Å². The van der Waals surface area contributed by atoms with Crippen molar-refractivity contribution in [1.82, 2.24) is 15.4 Å². The second-order valence-corrected chi connectivity index (χ2v) is 4.43. The number of nitrogens with two attached hydrogens (primary N) is 1. The van der Waals surface area contributed by atoms with Crippen LogP contribution < -0.4 is 10.5 Å². The Morgan fingerprint density at radius 1 is 1.30 bits per heavy atom. The molecule has 0 spiro atoms.